The standard InChI is InChI=1S/C7H5ClN2/c1-2-9-7-4-3-6(8)5-10-7/h1,3-5H,(H,9,10). The quantitative estimate of drug-likeness (QED) is 0.490. The Morgan fingerprint density at radius 2 is 2.40 bits per heavy atom. The van der Waals surface area contributed by atoms with Gasteiger partial charge < -0.3 is 0 Å². The van der Waals surface area contributed by atoms with E-state index in [1.807, 2.05) is 0 Å². The summed E-state index contributed by atoms with van der Waals surface area (Å²) in [5, 5.41) is 3.19. The first-order valence-electron chi connectivity index (χ1n) is 2.66. The fourth-order valence-corrected chi connectivity index (χ4v) is 0.635. The number of nitrogens with one attached hydrogen (secondary N) is 1. The summed E-state index contributed by atoms with van der Waals surface area (Å²) in [6.45, 7) is 0. The third kappa shape index (κ3) is 1.64. The first kappa shape index (κ1) is 6.91. The molecule has 0 saturated carbocycles. The van der Waals surface area contributed by atoms with Gasteiger partial charge in [0.25, 0.3) is 0 Å². The lowest BCUT2D eigenvalue weighted by Crippen LogP contribution is -1.89. The Labute approximate surface area is 64.2 Å². The number of nitrogens with zero attached hydrogens (tertiary/aromatic N) is 1. The van der Waals surface area contributed by atoms with E-state index < -0.39 is 0 Å². The summed E-state index contributed by atoms with van der Waals surface area (Å²) in [6.07, 6.45) is 6.49. The summed E-state index contributed by atoms with van der Waals surface area (Å²) >= 11 is 5.57. The van der Waals surface area contributed by atoms with Crippen LogP contribution in [0.5, 0.6) is 0 Å². The molecule has 3 heteroatoms. The number of terminal acetylenes is 1. The van der Waals surface area contributed by atoms with Gasteiger partial charge in [-0.05, 0) is 12.1 Å². The molecule has 0 unspecified atom stereocenters. The Balaban J connectivity index is 2.81. The van der Waals surface area contributed by atoms with Gasteiger partial charge in [-0.15, -0.1) is 0 Å². The van der Waals surface area contributed by atoms with E-state index >= 15 is 0 Å². The molecule has 0 radical (unpaired) electrons. The van der Waals surface area contributed by atoms with Gasteiger partial charge in [0.1, 0.15) is 5.82 Å². The average Bonchev–Trinajstić information content (AvgIpc) is 1.95. The van der Waals surface area contributed by atoms with E-state index in [0.29, 0.717) is 10.8 Å². The number of hydrogen-bond donors (Lipinski definition) is 1. The minimum atomic E-state index is 0.600. The topological polar surface area (TPSA) is 24.9 Å². The molecule has 1 N–H and O–H groups in total. The minimum absolute atomic E-state index is 0.600. The molecule has 0 atom stereocenters. The SMILES string of the molecule is C#CNc1ccc(Cl)cn1. The highest BCUT2D eigenvalue weighted by atomic mass is 35.5. The Kier molecular flexibility index (Phi) is 2.14. The minimum Gasteiger partial charge on any atom is -0.300 e. The summed E-state index contributed by atoms with van der Waals surface area (Å²) in [4.78, 5) is 3.88. The molecule has 50 valence electrons. The molecule has 0 aliphatic rings. The highest BCUT2D eigenvalue weighted by Gasteiger charge is 1.88. The number of aromatic nitrogens is 1. The highest BCUT2D eigenvalue weighted by molar-refractivity contribution is 6.30. The van der Waals surface area contributed by atoms with Crippen molar-refractivity contribution in [3.63, 3.8) is 0 Å². The highest BCUT2D eigenvalue weighted by Crippen LogP contribution is 2.08. The molecule has 0 bridgehead atoms. The van der Waals surface area contributed by atoms with Gasteiger partial charge in [0.2, 0.25) is 0 Å². The van der Waals surface area contributed by atoms with Gasteiger partial charge in [-0.2, -0.15) is 0 Å². The molecule has 1 rings (SSSR count). The lowest BCUT2D eigenvalue weighted by Gasteiger charge is -1.94. The monoisotopic (exact) mass is 152 g/mol. The Morgan fingerprint density at radius 1 is 1.60 bits per heavy atom. The zero-order chi connectivity index (χ0) is 7.40. The van der Waals surface area contributed by atoms with Crippen molar-refractivity contribution in [2.75, 3.05) is 5.32 Å². The van der Waals surface area contributed by atoms with Gasteiger partial charge in [-0.3, -0.25) is 5.32 Å². The van der Waals surface area contributed by atoms with Crippen LogP contribution in [0.25, 0.3) is 0 Å². The van der Waals surface area contributed by atoms with E-state index in [1.54, 1.807) is 12.1 Å². The second-order valence-electron chi connectivity index (χ2n) is 1.63. The van der Waals surface area contributed by atoms with Gasteiger partial charge in [0, 0.05) is 12.2 Å². The van der Waals surface area contributed by atoms with Crippen LogP contribution in [0.15, 0.2) is 18.3 Å². The molecule has 0 aliphatic heterocycles. The lowest BCUT2D eigenvalue weighted by molar-refractivity contribution is 1.32. The van der Waals surface area contributed by atoms with Crippen LogP contribution in [-0.2, 0) is 0 Å². The van der Waals surface area contributed by atoms with E-state index in [4.69, 9.17) is 18.0 Å². The molecular formula is C7H5ClN2. The van der Waals surface area contributed by atoms with E-state index in [2.05, 4.69) is 16.3 Å². The maximum absolute atomic E-state index is 5.57. The third-order valence-electron chi connectivity index (χ3n) is 0.928. The Bertz CT molecular complexity index is 247. The number of rotatable bonds is 1. The van der Waals surface area contributed by atoms with Gasteiger partial charge >= 0.3 is 0 Å². The van der Waals surface area contributed by atoms with Crippen molar-refractivity contribution < 1.29 is 0 Å². The molecule has 1 aromatic rings. The predicted octanol–water partition coefficient (Wildman–Crippen LogP) is 1.74. The molecular weight excluding hydrogens is 148 g/mol. The van der Waals surface area contributed by atoms with Crippen LogP contribution in [0, 0.1) is 12.5 Å². The fraction of sp³-hybridized carbons (Fsp3) is 0. The molecule has 0 aliphatic carbocycles. The molecule has 0 spiro atoms. The van der Waals surface area contributed by atoms with E-state index in [9.17, 15) is 0 Å². The molecule has 2 nitrogen and oxygen atoms in total. The van der Waals surface area contributed by atoms with Gasteiger partial charge in [-0.25, -0.2) is 4.98 Å². The van der Waals surface area contributed by atoms with Crippen molar-refractivity contribution >= 4 is 17.4 Å². The van der Waals surface area contributed by atoms with E-state index in [-0.39, 0.29) is 0 Å². The van der Waals surface area contributed by atoms with Crippen LogP contribution in [0.3, 0.4) is 0 Å². The molecule has 0 fully saturated rings. The second-order valence-corrected chi connectivity index (χ2v) is 2.07. The number of pyridine rings is 1. The molecule has 0 aromatic carbocycles. The van der Waals surface area contributed by atoms with Crippen molar-refractivity contribution in [2.24, 2.45) is 0 Å². The number of hydrogen-bond acceptors (Lipinski definition) is 2. The van der Waals surface area contributed by atoms with E-state index in [0.717, 1.165) is 0 Å². The molecule has 0 saturated heterocycles. The summed E-state index contributed by atoms with van der Waals surface area (Å²) in [5.41, 5.74) is 0. The number of halogens is 1. The molecule has 1 aromatic heterocycles. The van der Waals surface area contributed by atoms with Crippen molar-refractivity contribution in [2.45, 2.75) is 0 Å². The molecule has 1 heterocycles. The third-order valence-corrected chi connectivity index (χ3v) is 1.15. The molecule has 0 amide bonds. The normalized spacial score (nSPS) is 8.40. The van der Waals surface area contributed by atoms with E-state index in [1.165, 1.54) is 6.20 Å². The molecule has 10 heavy (non-hydrogen) atoms. The van der Waals surface area contributed by atoms with Crippen molar-refractivity contribution in [1.29, 1.82) is 0 Å². The Morgan fingerprint density at radius 3 is 2.90 bits per heavy atom. The van der Waals surface area contributed by atoms with Crippen molar-refractivity contribution in [1.82, 2.24) is 4.98 Å². The first-order chi connectivity index (χ1) is 4.83. The van der Waals surface area contributed by atoms with Gasteiger partial charge in [0.15, 0.2) is 0 Å². The zero-order valence-electron chi connectivity index (χ0n) is 5.13. The Hall–Kier alpha value is -1.20. The lowest BCUT2D eigenvalue weighted by atomic mass is 10.5. The smallest absolute Gasteiger partial charge is 0.137 e. The summed E-state index contributed by atoms with van der Waals surface area (Å²) in [6, 6.07) is 5.67. The zero-order valence-corrected chi connectivity index (χ0v) is 5.89. The van der Waals surface area contributed by atoms with Gasteiger partial charge in [0.05, 0.1) is 5.02 Å². The van der Waals surface area contributed by atoms with Crippen molar-refractivity contribution in [3.8, 4) is 12.5 Å². The van der Waals surface area contributed by atoms with Crippen LogP contribution in [-0.4, -0.2) is 4.98 Å². The first-order valence-corrected chi connectivity index (χ1v) is 3.04. The summed E-state index contributed by atoms with van der Waals surface area (Å²) in [5.74, 6) is 0.631. The average molecular weight is 153 g/mol. The van der Waals surface area contributed by atoms with Crippen molar-refractivity contribution in [3.05, 3.63) is 23.4 Å². The van der Waals surface area contributed by atoms with Crippen LogP contribution in [0.4, 0.5) is 5.82 Å². The predicted molar refractivity (Wildman–Crippen MR) is 41.7 cm³/mol. The maximum Gasteiger partial charge on any atom is 0.137 e. The number of anilines is 1. The van der Waals surface area contributed by atoms with Crippen LogP contribution in [0.1, 0.15) is 0 Å². The fourth-order valence-electron chi connectivity index (χ4n) is 0.524. The van der Waals surface area contributed by atoms with Crippen LogP contribution < -0.4 is 5.32 Å². The van der Waals surface area contributed by atoms with Gasteiger partial charge in [-0.1, -0.05) is 18.0 Å². The maximum atomic E-state index is 5.57. The summed E-state index contributed by atoms with van der Waals surface area (Å²) < 4.78 is 0. The van der Waals surface area contributed by atoms with Crippen LogP contribution in [0.2, 0.25) is 5.02 Å². The van der Waals surface area contributed by atoms with Crippen LogP contribution >= 0.6 is 11.6 Å². The summed E-state index contributed by atoms with van der Waals surface area (Å²) in [7, 11) is 0. The second kappa shape index (κ2) is 3.09. The largest absolute Gasteiger partial charge is 0.300 e.